The fraction of sp³-hybridized carbons (Fsp3) is 0.261. The van der Waals surface area contributed by atoms with Crippen molar-refractivity contribution >= 4 is 11.8 Å². The molecule has 1 atom stereocenters. The number of piperidine rings is 1. The zero-order chi connectivity index (χ0) is 22.1. The van der Waals surface area contributed by atoms with E-state index in [1.807, 2.05) is 36.4 Å². The highest BCUT2D eigenvalue weighted by molar-refractivity contribution is 6.02. The largest absolute Gasteiger partial charge is 0.489 e. The smallest absolute Gasteiger partial charge is 0.255 e. The molecule has 3 heterocycles. The summed E-state index contributed by atoms with van der Waals surface area (Å²) >= 11 is 0. The average Bonchev–Trinajstić information content (AvgIpc) is 3.42. The van der Waals surface area contributed by atoms with E-state index >= 15 is 0 Å². The van der Waals surface area contributed by atoms with Crippen molar-refractivity contribution in [1.29, 1.82) is 0 Å². The first-order chi connectivity index (χ1) is 15.6. The number of fused-ring (bicyclic) bond motifs is 1. The molecular weight excluding hydrogens is 408 g/mol. The summed E-state index contributed by atoms with van der Waals surface area (Å²) in [5.74, 6) is 0.352. The molecule has 1 aromatic heterocycles. The first-order valence-corrected chi connectivity index (χ1v) is 10.4. The van der Waals surface area contributed by atoms with Gasteiger partial charge in [0.25, 0.3) is 5.91 Å². The Hall–Kier alpha value is -4.01. The molecule has 1 N–H and O–H groups in total. The number of rotatable bonds is 6. The van der Waals surface area contributed by atoms with Crippen LogP contribution in [0.15, 0.2) is 61.1 Å². The van der Waals surface area contributed by atoms with Crippen LogP contribution >= 0.6 is 0 Å². The lowest BCUT2D eigenvalue weighted by Crippen LogP contribution is -2.49. The van der Waals surface area contributed by atoms with Crippen molar-refractivity contribution in [3.8, 4) is 5.75 Å². The molecule has 0 radical (unpaired) electrons. The van der Waals surface area contributed by atoms with E-state index in [4.69, 9.17) is 4.74 Å². The standard InChI is InChI=1S/C23H22N6O3/c1-15-5-10-20(22(30)26-15)28-12-19-18(23(28)31)3-2-4-21(19)32-13-17-8-6-16(7-9-17)11-29-25-14-24-27-29/h2-4,6-9,14,20H,1,5,10-13H2,(H,26,30). The van der Waals surface area contributed by atoms with E-state index in [9.17, 15) is 9.59 Å². The number of hydrogen-bond acceptors (Lipinski definition) is 6. The van der Waals surface area contributed by atoms with Crippen LogP contribution in [-0.2, 0) is 24.5 Å². The Kier molecular flexibility index (Phi) is 5.14. The number of nitrogens with zero attached hydrogens (tertiary/aromatic N) is 5. The Morgan fingerprint density at radius 3 is 2.69 bits per heavy atom. The fourth-order valence-electron chi connectivity index (χ4n) is 4.10. The van der Waals surface area contributed by atoms with Crippen LogP contribution in [0.2, 0.25) is 0 Å². The van der Waals surface area contributed by atoms with Crippen molar-refractivity contribution in [1.82, 2.24) is 30.4 Å². The second-order valence-corrected chi connectivity index (χ2v) is 7.93. The van der Waals surface area contributed by atoms with Gasteiger partial charge in [-0.05, 0) is 41.3 Å². The molecule has 9 nitrogen and oxygen atoms in total. The highest BCUT2D eigenvalue weighted by Gasteiger charge is 2.39. The number of ether oxygens (including phenoxy) is 1. The maximum absolute atomic E-state index is 13.0. The summed E-state index contributed by atoms with van der Waals surface area (Å²) in [6, 6.07) is 13.0. The molecule has 0 saturated carbocycles. The average molecular weight is 430 g/mol. The quantitative estimate of drug-likeness (QED) is 0.642. The minimum atomic E-state index is -0.486. The number of allylic oxidation sites excluding steroid dienone is 1. The number of tetrazole rings is 1. The Morgan fingerprint density at radius 1 is 1.12 bits per heavy atom. The van der Waals surface area contributed by atoms with Crippen molar-refractivity contribution in [3.05, 3.63) is 83.3 Å². The van der Waals surface area contributed by atoms with E-state index < -0.39 is 6.04 Å². The first kappa shape index (κ1) is 19.9. The second kappa shape index (κ2) is 8.26. The fourth-order valence-corrected chi connectivity index (χ4v) is 4.10. The van der Waals surface area contributed by atoms with Crippen LogP contribution in [0.25, 0.3) is 0 Å². The molecular formula is C23H22N6O3. The van der Waals surface area contributed by atoms with Gasteiger partial charge >= 0.3 is 0 Å². The number of aromatic nitrogens is 4. The summed E-state index contributed by atoms with van der Waals surface area (Å²) in [7, 11) is 0. The van der Waals surface area contributed by atoms with Gasteiger partial charge in [-0.15, -0.1) is 10.2 Å². The predicted octanol–water partition coefficient (Wildman–Crippen LogP) is 2.05. The molecule has 1 saturated heterocycles. The van der Waals surface area contributed by atoms with Crippen molar-refractivity contribution in [2.75, 3.05) is 0 Å². The second-order valence-electron chi connectivity index (χ2n) is 7.93. The Labute approximate surface area is 184 Å². The summed E-state index contributed by atoms with van der Waals surface area (Å²) in [4.78, 5) is 28.5. The van der Waals surface area contributed by atoms with Crippen molar-refractivity contribution in [2.45, 2.75) is 38.6 Å². The summed E-state index contributed by atoms with van der Waals surface area (Å²) in [6.45, 7) is 5.09. The molecule has 5 rings (SSSR count). The zero-order valence-corrected chi connectivity index (χ0v) is 17.4. The van der Waals surface area contributed by atoms with E-state index in [1.54, 1.807) is 11.0 Å². The molecule has 3 aromatic rings. The van der Waals surface area contributed by atoms with Crippen LogP contribution in [0.4, 0.5) is 0 Å². The van der Waals surface area contributed by atoms with Gasteiger partial charge in [-0.2, -0.15) is 4.80 Å². The first-order valence-electron chi connectivity index (χ1n) is 10.4. The number of carbonyl (C=O) groups is 2. The monoisotopic (exact) mass is 430 g/mol. The summed E-state index contributed by atoms with van der Waals surface area (Å²) < 4.78 is 6.08. The maximum atomic E-state index is 13.0. The van der Waals surface area contributed by atoms with Gasteiger partial charge in [-0.3, -0.25) is 9.59 Å². The van der Waals surface area contributed by atoms with Gasteiger partial charge in [0.1, 0.15) is 18.4 Å². The van der Waals surface area contributed by atoms with Gasteiger partial charge in [0.2, 0.25) is 5.91 Å². The minimum Gasteiger partial charge on any atom is -0.489 e. The summed E-state index contributed by atoms with van der Waals surface area (Å²) in [5, 5.41) is 14.3. The van der Waals surface area contributed by atoms with Gasteiger partial charge in [0.15, 0.2) is 6.33 Å². The number of hydrogen-bond donors (Lipinski definition) is 1. The van der Waals surface area contributed by atoms with E-state index in [1.165, 1.54) is 11.1 Å². The number of benzene rings is 2. The van der Waals surface area contributed by atoms with E-state index in [0.717, 1.165) is 16.7 Å². The lowest BCUT2D eigenvalue weighted by Gasteiger charge is -2.31. The Balaban J connectivity index is 1.27. The summed E-state index contributed by atoms with van der Waals surface area (Å²) in [5.41, 5.74) is 4.17. The third-order valence-corrected chi connectivity index (χ3v) is 5.78. The molecule has 0 bridgehead atoms. The van der Waals surface area contributed by atoms with Gasteiger partial charge in [-0.25, -0.2) is 0 Å². The SMILES string of the molecule is C=C1CCC(N2Cc3c(OCc4ccc(Cn5ncnn5)cc4)cccc3C2=O)C(=O)N1. The number of amides is 2. The lowest BCUT2D eigenvalue weighted by molar-refractivity contribution is -0.126. The molecule has 162 valence electrons. The normalized spacial score (nSPS) is 17.9. The Morgan fingerprint density at radius 2 is 1.94 bits per heavy atom. The van der Waals surface area contributed by atoms with E-state index in [0.29, 0.717) is 49.5 Å². The molecule has 2 amide bonds. The van der Waals surface area contributed by atoms with Gasteiger partial charge < -0.3 is 15.0 Å². The maximum Gasteiger partial charge on any atom is 0.255 e. The van der Waals surface area contributed by atoms with Gasteiger partial charge in [0, 0.05) is 16.8 Å². The zero-order valence-electron chi connectivity index (χ0n) is 17.4. The van der Waals surface area contributed by atoms with Crippen LogP contribution in [0.5, 0.6) is 5.75 Å². The molecule has 0 spiro atoms. The van der Waals surface area contributed by atoms with E-state index in [2.05, 4.69) is 27.3 Å². The third kappa shape index (κ3) is 3.84. The lowest BCUT2D eigenvalue weighted by atomic mass is 10.0. The molecule has 2 aromatic carbocycles. The molecule has 9 heteroatoms. The van der Waals surface area contributed by atoms with Gasteiger partial charge in [0.05, 0.1) is 13.1 Å². The topological polar surface area (TPSA) is 102 Å². The molecule has 32 heavy (non-hydrogen) atoms. The van der Waals surface area contributed by atoms with E-state index in [-0.39, 0.29) is 11.8 Å². The van der Waals surface area contributed by atoms with Gasteiger partial charge in [-0.1, -0.05) is 36.9 Å². The van der Waals surface area contributed by atoms with Crippen LogP contribution in [-0.4, -0.2) is 43.0 Å². The van der Waals surface area contributed by atoms with Crippen molar-refractivity contribution in [3.63, 3.8) is 0 Å². The predicted molar refractivity (Wildman–Crippen MR) is 114 cm³/mol. The highest BCUT2D eigenvalue weighted by atomic mass is 16.5. The van der Waals surface area contributed by atoms with Crippen molar-refractivity contribution in [2.24, 2.45) is 0 Å². The molecule has 2 aliphatic heterocycles. The Bertz CT molecular complexity index is 1170. The highest BCUT2D eigenvalue weighted by Crippen LogP contribution is 2.34. The van der Waals surface area contributed by atoms with Crippen molar-refractivity contribution < 1.29 is 14.3 Å². The van der Waals surface area contributed by atoms with Crippen LogP contribution in [0.1, 0.15) is 39.9 Å². The number of carbonyl (C=O) groups excluding carboxylic acids is 2. The minimum absolute atomic E-state index is 0.135. The molecule has 2 aliphatic rings. The third-order valence-electron chi connectivity index (χ3n) is 5.78. The van der Waals surface area contributed by atoms with Crippen LogP contribution < -0.4 is 10.1 Å². The summed E-state index contributed by atoms with van der Waals surface area (Å²) in [6.07, 6.45) is 2.66. The number of nitrogens with one attached hydrogen (secondary N) is 1. The molecule has 1 unspecified atom stereocenters. The van der Waals surface area contributed by atoms with Crippen LogP contribution in [0, 0.1) is 0 Å². The van der Waals surface area contributed by atoms with Crippen LogP contribution in [0.3, 0.4) is 0 Å². The molecule has 0 aliphatic carbocycles. The molecule has 1 fully saturated rings.